The summed E-state index contributed by atoms with van der Waals surface area (Å²) >= 11 is 0. The Kier molecular flexibility index (Phi) is 9.39. The Labute approximate surface area is 324 Å². The summed E-state index contributed by atoms with van der Waals surface area (Å²) in [6.45, 7) is 5.45. The Bertz CT molecular complexity index is 2160. The van der Waals surface area contributed by atoms with Gasteiger partial charge in [0.15, 0.2) is 11.6 Å². The number of allylic oxidation sites excluding steroid dienone is 1. The first-order chi connectivity index (χ1) is 26.5. The third-order valence-corrected chi connectivity index (χ3v) is 15.1. The molecule has 3 saturated carbocycles. The number of fused-ring (bicyclic) bond motifs is 5. The van der Waals surface area contributed by atoms with Crippen molar-refractivity contribution >= 4 is 44.7 Å². The molecule has 56 heavy (non-hydrogen) atoms. The number of hydrogen-bond acceptors (Lipinski definition) is 9. The summed E-state index contributed by atoms with van der Waals surface area (Å²) in [5.41, 5.74) is -1.42. The van der Waals surface area contributed by atoms with Crippen molar-refractivity contribution in [2.45, 2.75) is 132 Å². The van der Waals surface area contributed by atoms with E-state index in [1.165, 1.54) is 4.90 Å². The monoisotopic (exact) mass is 797 g/mol. The Morgan fingerprint density at radius 2 is 1.80 bits per heavy atom. The van der Waals surface area contributed by atoms with E-state index in [4.69, 9.17) is 9.47 Å². The average Bonchev–Trinajstić information content (AvgIpc) is 4.11. The predicted molar refractivity (Wildman–Crippen MR) is 200 cm³/mol. The van der Waals surface area contributed by atoms with Crippen molar-refractivity contribution in [3.63, 3.8) is 0 Å². The van der Waals surface area contributed by atoms with Crippen molar-refractivity contribution in [2.75, 3.05) is 13.2 Å². The predicted octanol–water partition coefficient (Wildman–Crippen LogP) is 4.77. The number of pyridine rings is 1. The van der Waals surface area contributed by atoms with Gasteiger partial charge in [-0.05, 0) is 84.1 Å². The minimum absolute atomic E-state index is 0.00334. The first-order valence-corrected chi connectivity index (χ1v) is 21.2. The number of carbonyl (C=O) groups excluding carboxylic acids is 4. The fourth-order valence-corrected chi connectivity index (χ4v) is 9.78. The summed E-state index contributed by atoms with van der Waals surface area (Å²) in [5.74, 6) is -4.15. The van der Waals surface area contributed by atoms with Gasteiger partial charge in [-0.25, -0.2) is 27.0 Å². The Morgan fingerprint density at radius 3 is 2.54 bits per heavy atom. The molecular weight excluding hydrogens is 749 g/mol. The number of carbonyl (C=O) groups is 4. The van der Waals surface area contributed by atoms with Crippen LogP contribution in [0.1, 0.15) is 102 Å². The van der Waals surface area contributed by atoms with Gasteiger partial charge in [-0.1, -0.05) is 31.9 Å². The first-order valence-electron chi connectivity index (χ1n) is 19.7. The van der Waals surface area contributed by atoms with Crippen molar-refractivity contribution in [3.8, 4) is 5.75 Å². The normalized spacial score (nSPS) is 31.0. The number of nitrogens with one attached hydrogen (secondary N) is 3. The lowest BCUT2D eigenvalue weighted by Crippen LogP contribution is -2.58. The molecule has 2 aromatic rings. The molecule has 0 bridgehead atoms. The first kappa shape index (κ1) is 38.5. The maximum absolute atomic E-state index is 14.7. The van der Waals surface area contributed by atoms with E-state index >= 15 is 0 Å². The van der Waals surface area contributed by atoms with Gasteiger partial charge < -0.3 is 25.0 Å². The van der Waals surface area contributed by atoms with Crippen molar-refractivity contribution in [1.29, 1.82) is 0 Å². The van der Waals surface area contributed by atoms with E-state index in [2.05, 4.69) is 20.3 Å². The molecule has 1 aromatic carbocycles. The van der Waals surface area contributed by atoms with Crippen LogP contribution in [0.25, 0.3) is 10.9 Å². The van der Waals surface area contributed by atoms with Crippen molar-refractivity contribution < 1.29 is 45.9 Å². The van der Waals surface area contributed by atoms with E-state index in [9.17, 15) is 36.4 Å². The van der Waals surface area contributed by atoms with E-state index in [-0.39, 0.29) is 36.9 Å². The molecule has 302 valence electrons. The summed E-state index contributed by atoms with van der Waals surface area (Å²) < 4.78 is 68.4. The van der Waals surface area contributed by atoms with Gasteiger partial charge in [0.05, 0.1) is 29.1 Å². The standard InChI is InChI=1S/C40H49F2N5O8S/c1-23-32-25(26-17-27(41)28(42)18-30(26)43-23)11-12-39(55-32)20-31-33(48)45-40(35(50)46-56(52,53)38(3)15-16-38)19-24(40)9-7-5-4-6-8-10-29(34(49)47(31)21-39)44-36(51)54-22-37(2)13-14-37/h7,9,17-18,24,29,31H,4-6,8,10-16,19-22H2,1-3H3,(H,44,51)(H,45,48)(H,46,50)/b9-7-/t24-,29+,31+,39-,40-/m1/s1. The molecule has 1 saturated heterocycles. The zero-order valence-corrected chi connectivity index (χ0v) is 32.8. The largest absolute Gasteiger partial charge is 0.483 e. The third kappa shape index (κ3) is 7.10. The van der Waals surface area contributed by atoms with Crippen LogP contribution >= 0.6 is 0 Å². The lowest BCUT2D eigenvalue weighted by atomic mass is 9.87. The molecule has 6 aliphatic rings. The molecule has 3 aliphatic heterocycles. The number of halogens is 2. The number of aryl methyl sites for hydroxylation is 2. The van der Waals surface area contributed by atoms with Crippen LogP contribution in [-0.4, -0.2) is 83.2 Å². The van der Waals surface area contributed by atoms with Crippen LogP contribution < -0.4 is 20.1 Å². The summed E-state index contributed by atoms with van der Waals surface area (Å²) in [5, 5.41) is 6.07. The number of sulfonamides is 1. The van der Waals surface area contributed by atoms with Gasteiger partial charge in [0, 0.05) is 34.8 Å². The summed E-state index contributed by atoms with van der Waals surface area (Å²) in [4.78, 5) is 62.3. The summed E-state index contributed by atoms with van der Waals surface area (Å²) in [7, 11) is -4.02. The summed E-state index contributed by atoms with van der Waals surface area (Å²) in [6, 6.07) is -0.0612. The molecular formula is C40H49F2N5O8S. The van der Waals surface area contributed by atoms with Crippen LogP contribution in [0.5, 0.6) is 5.75 Å². The van der Waals surface area contributed by atoms with E-state index in [1.807, 2.05) is 19.1 Å². The van der Waals surface area contributed by atoms with Gasteiger partial charge >= 0.3 is 6.09 Å². The van der Waals surface area contributed by atoms with Crippen molar-refractivity contribution in [1.82, 2.24) is 25.2 Å². The maximum atomic E-state index is 14.7. The molecule has 4 fully saturated rings. The smallest absolute Gasteiger partial charge is 0.407 e. The molecule has 4 heterocycles. The van der Waals surface area contributed by atoms with E-state index in [0.717, 1.165) is 37.8 Å². The molecule has 13 nitrogen and oxygen atoms in total. The zero-order valence-electron chi connectivity index (χ0n) is 32.0. The van der Waals surface area contributed by atoms with Gasteiger partial charge in [-0.3, -0.25) is 19.1 Å². The van der Waals surface area contributed by atoms with Crippen LogP contribution in [0, 0.1) is 29.9 Å². The van der Waals surface area contributed by atoms with E-state index in [0.29, 0.717) is 67.3 Å². The van der Waals surface area contributed by atoms with Crippen LogP contribution in [0.3, 0.4) is 0 Å². The molecule has 16 heteroatoms. The average molecular weight is 798 g/mol. The van der Waals surface area contributed by atoms with Gasteiger partial charge in [0.25, 0.3) is 5.91 Å². The topological polar surface area (TPSA) is 173 Å². The Morgan fingerprint density at radius 1 is 1.05 bits per heavy atom. The highest BCUT2D eigenvalue weighted by molar-refractivity contribution is 7.91. The van der Waals surface area contributed by atoms with Crippen LogP contribution in [-0.2, 0) is 35.6 Å². The molecule has 5 atom stereocenters. The molecule has 0 radical (unpaired) electrons. The number of hydrogen-bond donors (Lipinski definition) is 3. The number of rotatable bonds is 6. The minimum atomic E-state index is -4.02. The van der Waals surface area contributed by atoms with E-state index < -0.39 is 79.4 Å². The number of amides is 4. The highest BCUT2D eigenvalue weighted by atomic mass is 32.2. The number of alkyl carbamates (subject to hydrolysis) is 1. The fourth-order valence-electron chi connectivity index (χ4n) is 8.47. The summed E-state index contributed by atoms with van der Waals surface area (Å²) in [6.07, 6.45) is 9.67. The zero-order chi connectivity index (χ0) is 39.8. The van der Waals surface area contributed by atoms with Gasteiger partial charge in [-0.2, -0.15) is 0 Å². The lowest BCUT2D eigenvalue weighted by molar-refractivity contribution is -0.141. The van der Waals surface area contributed by atoms with Crippen molar-refractivity contribution in [2.24, 2.45) is 11.3 Å². The highest BCUT2D eigenvalue weighted by Crippen LogP contribution is 2.49. The van der Waals surface area contributed by atoms with E-state index in [1.54, 1.807) is 13.8 Å². The molecule has 4 amide bonds. The quantitative estimate of drug-likeness (QED) is 0.348. The van der Waals surface area contributed by atoms with Gasteiger partial charge in [0.1, 0.15) is 29.0 Å². The third-order valence-electron chi connectivity index (χ3n) is 13.0. The van der Waals surface area contributed by atoms with Gasteiger partial charge in [0.2, 0.25) is 21.8 Å². The maximum Gasteiger partial charge on any atom is 0.407 e. The molecule has 3 N–H and O–H groups in total. The Hall–Kier alpha value is -4.34. The van der Waals surface area contributed by atoms with Crippen LogP contribution in [0.4, 0.5) is 13.6 Å². The second-order valence-corrected chi connectivity index (χ2v) is 19.8. The lowest BCUT2D eigenvalue weighted by Gasteiger charge is -2.36. The van der Waals surface area contributed by atoms with Crippen LogP contribution in [0.2, 0.25) is 0 Å². The fraction of sp³-hybridized carbons (Fsp3) is 0.625. The SMILES string of the molecule is Cc1nc2cc(F)c(F)cc2c2c1O[C@]1(CC2)C[C@H]2C(=O)N[C@]3(C(=O)NS(=O)(=O)C4(C)CC4)C[C@H]3/C=C\CCCCC[C@H](NC(=O)OCC3(C)CC3)C(=O)N2C1. The number of benzene rings is 1. The molecule has 8 rings (SSSR count). The second kappa shape index (κ2) is 13.7. The van der Waals surface area contributed by atoms with Crippen molar-refractivity contribution in [3.05, 3.63) is 47.2 Å². The van der Waals surface area contributed by atoms with Crippen LogP contribution in [0.15, 0.2) is 24.3 Å². The molecule has 1 spiro atoms. The number of nitrogens with zero attached hydrogens (tertiary/aromatic N) is 2. The molecule has 3 aliphatic carbocycles. The molecule has 1 aromatic heterocycles. The minimum Gasteiger partial charge on any atom is -0.483 e. The highest BCUT2D eigenvalue weighted by Gasteiger charge is 2.64. The number of aromatic nitrogens is 1. The Balaban J connectivity index is 1.12. The second-order valence-electron chi connectivity index (χ2n) is 17.6. The molecule has 0 unspecified atom stereocenters. The van der Waals surface area contributed by atoms with Gasteiger partial charge in [-0.15, -0.1) is 0 Å². The number of ether oxygens (including phenoxy) is 2.